The van der Waals surface area contributed by atoms with Gasteiger partial charge in [0.25, 0.3) is 0 Å². The zero-order valence-corrected chi connectivity index (χ0v) is 11.1. The predicted octanol–water partition coefficient (Wildman–Crippen LogP) is 0.113. The van der Waals surface area contributed by atoms with E-state index in [4.69, 9.17) is 0 Å². The molecule has 5 nitrogen and oxygen atoms in total. The average molecular weight is 253 g/mol. The van der Waals surface area contributed by atoms with E-state index in [0.717, 1.165) is 31.8 Å². The largest absolute Gasteiger partial charge is 0.345 e. The van der Waals surface area contributed by atoms with Crippen LogP contribution in [0.1, 0.15) is 32.6 Å². The second kappa shape index (κ2) is 6.18. The van der Waals surface area contributed by atoms with Gasteiger partial charge in [0.2, 0.25) is 0 Å². The summed E-state index contributed by atoms with van der Waals surface area (Å²) in [5, 5.41) is 6.05. The van der Waals surface area contributed by atoms with E-state index in [2.05, 4.69) is 17.6 Å². The standard InChI is InChI=1S/C13H23N3O2/c1-2-11(9-10-3-4-10)15-12(17)13(18)16-7-5-14-6-8-16/h10-11,14H,2-9H2,1H3,(H,15,17). The van der Waals surface area contributed by atoms with Gasteiger partial charge in [-0.25, -0.2) is 0 Å². The fraction of sp³-hybridized carbons (Fsp3) is 0.846. The highest BCUT2D eigenvalue weighted by atomic mass is 16.2. The van der Waals surface area contributed by atoms with Crippen molar-refractivity contribution in [1.29, 1.82) is 0 Å². The van der Waals surface area contributed by atoms with Crippen LogP contribution >= 0.6 is 0 Å². The van der Waals surface area contributed by atoms with Crippen LogP contribution in [0, 0.1) is 5.92 Å². The molecule has 0 radical (unpaired) electrons. The molecule has 2 N–H and O–H groups in total. The van der Waals surface area contributed by atoms with E-state index in [1.807, 2.05) is 0 Å². The predicted molar refractivity (Wildman–Crippen MR) is 69.0 cm³/mol. The van der Waals surface area contributed by atoms with E-state index in [1.165, 1.54) is 12.8 Å². The smallest absolute Gasteiger partial charge is 0.311 e. The monoisotopic (exact) mass is 253 g/mol. The topological polar surface area (TPSA) is 61.4 Å². The number of piperazine rings is 1. The van der Waals surface area contributed by atoms with E-state index < -0.39 is 5.91 Å². The van der Waals surface area contributed by atoms with Crippen LogP contribution in [0.4, 0.5) is 0 Å². The minimum Gasteiger partial charge on any atom is -0.345 e. The Bertz CT molecular complexity index is 309. The Morgan fingerprint density at radius 3 is 2.56 bits per heavy atom. The average Bonchev–Trinajstić information content (AvgIpc) is 3.22. The molecule has 5 heteroatoms. The van der Waals surface area contributed by atoms with Crippen molar-refractivity contribution in [2.75, 3.05) is 26.2 Å². The SMILES string of the molecule is CCC(CC1CC1)NC(=O)C(=O)N1CCNCC1. The van der Waals surface area contributed by atoms with Gasteiger partial charge in [-0.3, -0.25) is 9.59 Å². The van der Waals surface area contributed by atoms with Crippen LogP contribution in [0.15, 0.2) is 0 Å². The molecular formula is C13H23N3O2. The van der Waals surface area contributed by atoms with Crippen LogP contribution in [0.25, 0.3) is 0 Å². The number of rotatable bonds is 4. The molecule has 0 aromatic rings. The van der Waals surface area contributed by atoms with Gasteiger partial charge in [-0.05, 0) is 18.8 Å². The van der Waals surface area contributed by atoms with E-state index in [-0.39, 0.29) is 11.9 Å². The van der Waals surface area contributed by atoms with Gasteiger partial charge >= 0.3 is 11.8 Å². The summed E-state index contributed by atoms with van der Waals surface area (Å²) in [6, 6.07) is 0.164. The lowest BCUT2D eigenvalue weighted by molar-refractivity contribution is -0.146. The summed E-state index contributed by atoms with van der Waals surface area (Å²) >= 11 is 0. The van der Waals surface area contributed by atoms with Gasteiger partial charge < -0.3 is 15.5 Å². The molecule has 1 atom stereocenters. The van der Waals surface area contributed by atoms with Crippen LogP contribution in [0.3, 0.4) is 0 Å². The van der Waals surface area contributed by atoms with Crippen LogP contribution in [-0.2, 0) is 9.59 Å². The van der Waals surface area contributed by atoms with Gasteiger partial charge in [0.15, 0.2) is 0 Å². The lowest BCUT2D eigenvalue weighted by atomic mass is 10.1. The quantitative estimate of drug-likeness (QED) is 0.699. The van der Waals surface area contributed by atoms with E-state index >= 15 is 0 Å². The van der Waals surface area contributed by atoms with Gasteiger partial charge in [0, 0.05) is 32.2 Å². The molecule has 2 aliphatic rings. The molecule has 1 heterocycles. The molecule has 18 heavy (non-hydrogen) atoms. The molecule has 2 fully saturated rings. The molecule has 2 rings (SSSR count). The highest BCUT2D eigenvalue weighted by Crippen LogP contribution is 2.33. The summed E-state index contributed by atoms with van der Waals surface area (Å²) in [5.41, 5.74) is 0. The molecule has 0 aromatic heterocycles. The third-order valence-electron chi connectivity index (χ3n) is 3.74. The summed E-state index contributed by atoms with van der Waals surface area (Å²) in [4.78, 5) is 25.5. The first-order valence-corrected chi connectivity index (χ1v) is 7.01. The van der Waals surface area contributed by atoms with Crippen molar-refractivity contribution >= 4 is 11.8 Å². The van der Waals surface area contributed by atoms with Crippen molar-refractivity contribution in [3.8, 4) is 0 Å². The Kier molecular flexibility index (Phi) is 4.58. The molecule has 0 bridgehead atoms. The van der Waals surface area contributed by atoms with Gasteiger partial charge in [0.1, 0.15) is 0 Å². The summed E-state index contributed by atoms with van der Waals surface area (Å²) < 4.78 is 0. The van der Waals surface area contributed by atoms with Crippen molar-refractivity contribution in [1.82, 2.24) is 15.5 Å². The Morgan fingerprint density at radius 2 is 2.00 bits per heavy atom. The zero-order valence-electron chi connectivity index (χ0n) is 11.1. The van der Waals surface area contributed by atoms with Crippen molar-refractivity contribution < 1.29 is 9.59 Å². The maximum Gasteiger partial charge on any atom is 0.311 e. The molecule has 1 aliphatic heterocycles. The highest BCUT2D eigenvalue weighted by molar-refractivity contribution is 6.35. The van der Waals surface area contributed by atoms with Crippen molar-refractivity contribution in [2.45, 2.75) is 38.6 Å². The van der Waals surface area contributed by atoms with Crippen molar-refractivity contribution in [3.63, 3.8) is 0 Å². The van der Waals surface area contributed by atoms with Crippen LogP contribution in [-0.4, -0.2) is 48.9 Å². The molecular weight excluding hydrogens is 230 g/mol. The molecule has 0 aromatic carbocycles. The molecule has 1 aliphatic carbocycles. The van der Waals surface area contributed by atoms with Crippen LogP contribution < -0.4 is 10.6 Å². The van der Waals surface area contributed by atoms with Crippen molar-refractivity contribution in [3.05, 3.63) is 0 Å². The maximum absolute atomic E-state index is 11.9. The summed E-state index contributed by atoms with van der Waals surface area (Å²) in [6.45, 7) is 4.87. The van der Waals surface area contributed by atoms with Gasteiger partial charge in [-0.1, -0.05) is 19.8 Å². The third kappa shape index (κ3) is 3.70. The van der Waals surface area contributed by atoms with E-state index in [1.54, 1.807) is 4.90 Å². The first-order valence-electron chi connectivity index (χ1n) is 7.01. The minimum atomic E-state index is -0.426. The number of carbonyl (C=O) groups is 2. The first-order chi connectivity index (χ1) is 8.70. The zero-order chi connectivity index (χ0) is 13.0. The Labute approximate surface area is 108 Å². The Morgan fingerprint density at radius 1 is 1.33 bits per heavy atom. The van der Waals surface area contributed by atoms with Crippen LogP contribution in [0.5, 0.6) is 0 Å². The summed E-state index contributed by atoms with van der Waals surface area (Å²) in [7, 11) is 0. The lowest BCUT2D eigenvalue weighted by Crippen LogP contribution is -2.52. The third-order valence-corrected chi connectivity index (χ3v) is 3.74. The molecule has 1 saturated carbocycles. The normalized spacial score (nSPS) is 21.5. The number of carbonyl (C=O) groups excluding carboxylic acids is 2. The molecule has 102 valence electrons. The first kappa shape index (κ1) is 13.3. The van der Waals surface area contributed by atoms with Crippen molar-refractivity contribution in [2.24, 2.45) is 5.92 Å². The number of hydrogen-bond donors (Lipinski definition) is 2. The second-order valence-corrected chi connectivity index (χ2v) is 5.30. The van der Waals surface area contributed by atoms with Gasteiger partial charge in [-0.15, -0.1) is 0 Å². The lowest BCUT2D eigenvalue weighted by Gasteiger charge is -2.27. The van der Waals surface area contributed by atoms with E-state index in [9.17, 15) is 9.59 Å². The maximum atomic E-state index is 11.9. The molecule has 2 amide bonds. The number of amides is 2. The second-order valence-electron chi connectivity index (χ2n) is 5.30. The van der Waals surface area contributed by atoms with Crippen LogP contribution in [0.2, 0.25) is 0 Å². The Hall–Kier alpha value is -1.10. The molecule has 1 saturated heterocycles. The van der Waals surface area contributed by atoms with E-state index in [0.29, 0.717) is 13.1 Å². The fourth-order valence-corrected chi connectivity index (χ4v) is 2.34. The highest BCUT2D eigenvalue weighted by Gasteiger charge is 2.28. The molecule has 1 unspecified atom stereocenters. The summed E-state index contributed by atoms with van der Waals surface area (Å²) in [5.74, 6) is -0.0281. The minimum absolute atomic E-state index is 0.164. The number of nitrogens with zero attached hydrogens (tertiary/aromatic N) is 1. The number of hydrogen-bond acceptors (Lipinski definition) is 3. The fourth-order valence-electron chi connectivity index (χ4n) is 2.34. The van der Waals surface area contributed by atoms with Gasteiger partial charge in [-0.2, -0.15) is 0 Å². The Balaban J connectivity index is 1.79. The number of nitrogens with one attached hydrogen (secondary N) is 2. The van der Waals surface area contributed by atoms with Gasteiger partial charge in [0.05, 0.1) is 0 Å². The molecule has 0 spiro atoms. The summed E-state index contributed by atoms with van der Waals surface area (Å²) in [6.07, 6.45) is 4.48.